The van der Waals surface area contributed by atoms with Crippen LogP contribution in [0.2, 0.25) is 0 Å². The third-order valence-corrected chi connectivity index (χ3v) is 2.56. The summed E-state index contributed by atoms with van der Waals surface area (Å²) >= 11 is 0. The van der Waals surface area contributed by atoms with Crippen LogP contribution in [0.15, 0.2) is 36.5 Å². The Labute approximate surface area is 101 Å². The maximum atomic E-state index is 5.78. The van der Waals surface area contributed by atoms with Crippen molar-refractivity contribution in [2.45, 2.75) is 19.6 Å². The highest BCUT2D eigenvalue weighted by Crippen LogP contribution is 2.16. The largest absolute Gasteiger partial charge is 0.487 e. The molecule has 0 radical (unpaired) electrons. The molecule has 1 aromatic carbocycles. The number of aromatic nitrogens is 2. The first-order valence-corrected chi connectivity index (χ1v) is 5.62. The number of aryl methyl sites for hydroxylation is 1. The summed E-state index contributed by atoms with van der Waals surface area (Å²) in [7, 11) is 1.89. The smallest absolute Gasteiger partial charge is 0.132 e. The minimum absolute atomic E-state index is 0.0554. The first kappa shape index (κ1) is 11.7. The van der Waals surface area contributed by atoms with Gasteiger partial charge in [0.05, 0.1) is 5.69 Å². The summed E-state index contributed by atoms with van der Waals surface area (Å²) in [5.74, 6) is 0.833. The zero-order valence-electron chi connectivity index (χ0n) is 10.1. The highest BCUT2D eigenvalue weighted by Gasteiger charge is 2.01. The van der Waals surface area contributed by atoms with Crippen molar-refractivity contribution in [2.24, 2.45) is 12.8 Å². The van der Waals surface area contributed by atoms with Crippen molar-refractivity contribution in [2.75, 3.05) is 0 Å². The predicted octanol–water partition coefficient (Wildman–Crippen LogP) is 2.02. The lowest BCUT2D eigenvalue weighted by Gasteiger charge is -2.07. The SMILES string of the molecule is C[C@H](N)c1ccc(OCc2ccn(C)n2)cc1. The van der Waals surface area contributed by atoms with E-state index in [9.17, 15) is 0 Å². The number of hydrogen-bond donors (Lipinski definition) is 1. The topological polar surface area (TPSA) is 53.1 Å². The number of benzene rings is 1. The number of nitrogens with two attached hydrogens (primary N) is 1. The third kappa shape index (κ3) is 3.07. The molecule has 1 aromatic heterocycles. The van der Waals surface area contributed by atoms with E-state index in [1.165, 1.54) is 0 Å². The van der Waals surface area contributed by atoms with Crippen molar-refractivity contribution in [3.8, 4) is 5.75 Å². The predicted molar refractivity (Wildman–Crippen MR) is 66.6 cm³/mol. The van der Waals surface area contributed by atoms with Gasteiger partial charge in [-0.25, -0.2) is 0 Å². The Balaban J connectivity index is 1.95. The van der Waals surface area contributed by atoms with Gasteiger partial charge in [-0.2, -0.15) is 5.10 Å². The maximum Gasteiger partial charge on any atom is 0.132 e. The fraction of sp³-hybridized carbons (Fsp3) is 0.308. The first-order valence-electron chi connectivity index (χ1n) is 5.62. The minimum atomic E-state index is 0.0554. The second kappa shape index (κ2) is 5.01. The average molecular weight is 231 g/mol. The molecule has 0 aliphatic rings. The zero-order valence-corrected chi connectivity index (χ0v) is 10.1. The Bertz CT molecular complexity index is 474. The Morgan fingerprint density at radius 2 is 2.00 bits per heavy atom. The summed E-state index contributed by atoms with van der Waals surface area (Å²) in [6.07, 6.45) is 1.90. The highest BCUT2D eigenvalue weighted by molar-refractivity contribution is 5.28. The van der Waals surface area contributed by atoms with E-state index in [4.69, 9.17) is 10.5 Å². The first-order chi connectivity index (χ1) is 8.15. The summed E-state index contributed by atoms with van der Waals surface area (Å²) in [6, 6.07) is 9.83. The van der Waals surface area contributed by atoms with Crippen LogP contribution in [0.4, 0.5) is 0 Å². The Hall–Kier alpha value is -1.81. The van der Waals surface area contributed by atoms with Gasteiger partial charge in [0, 0.05) is 19.3 Å². The van der Waals surface area contributed by atoms with E-state index < -0.39 is 0 Å². The molecule has 0 fully saturated rings. The Morgan fingerprint density at radius 3 is 2.53 bits per heavy atom. The van der Waals surface area contributed by atoms with Crippen LogP contribution in [0.5, 0.6) is 5.75 Å². The van der Waals surface area contributed by atoms with Gasteiger partial charge in [0.25, 0.3) is 0 Å². The van der Waals surface area contributed by atoms with Crippen molar-refractivity contribution in [1.82, 2.24) is 9.78 Å². The molecule has 0 saturated carbocycles. The second-order valence-electron chi connectivity index (χ2n) is 4.13. The molecular formula is C13H17N3O. The van der Waals surface area contributed by atoms with Crippen LogP contribution in [0.25, 0.3) is 0 Å². The molecule has 2 N–H and O–H groups in total. The lowest BCUT2D eigenvalue weighted by molar-refractivity contribution is 0.300. The summed E-state index contributed by atoms with van der Waals surface area (Å²) in [4.78, 5) is 0. The van der Waals surface area contributed by atoms with Gasteiger partial charge in [-0.1, -0.05) is 12.1 Å². The summed E-state index contributed by atoms with van der Waals surface area (Å²) < 4.78 is 7.39. The molecule has 1 atom stereocenters. The van der Waals surface area contributed by atoms with Crippen molar-refractivity contribution in [1.29, 1.82) is 0 Å². The van der Waals surface area contributed by atoms with Gasteiger partial charge < -0.3 is 10.5 Å². The zero-order chi connectivity index (χ0) is 12.3. The fourth-order valence-corrected chi connectivity index (χ4v) is 1.57. The van der Waals surface area contributed by atoms with Crippen molar-refractivity contribution < 1.29 is 4.74 Å². The van der Waals surface area contributed by atoms with Crippen molar-refractivity contribution in [3.63, 3.8) is 0 Å². The van der Waals surface area contributed by atoms with Gasteiger partial charge in [0.15, 0.2) is 0 Å². The molecule has 1 heterocycles. The van der Waals surface area contributed by atoms with Gasteiger partial charge in [0.1, 0.15) is 12.4 Å². The molecule has 4 heteroatoms. The Morgan fingerprint density at radius 1 is 1.29 bits per heavy atom. The van der Waals surface area contributed by atoms with Crippen LogP contribution in [-0.4, -0.2) is 9.78 Å². The van der Waals surface area contributed by atoms with E-state index in [-0.39, 0.29) is 6.04 Å². The van der Waals surface area contributed by atoms with E-state index in [0.29, 0.717) is 6.61 Å². The Kier molecular flexibility index (Phi) is 3.44. The molecule has 0 saturated heterocycles. The molecule has 0 unspecified atom stereocenters. The standard InChI is InChI=1S/C13H17N3O/c1-10(14)11-3-5-13(6-4-11)17-9-12-7-8-16(2)15-12/h3-8,10H,9,14H2,1-2H3/t10-/m0/s1. The van der Waals surface area contributed by atoms with Gasteiger partial charge >= 0.3 is 0 Å². The number of ether oxygens (including phenoxy) is 1. The van der Waals surface area contributed by atoms with E-state index in [0.717, 1.165) is 17.0 Å². The van der Waals surface area contributed by atoms with Crippen LogP contribution in [0.1, 0.15) is 24.2 Å². The summed E-state index contributed by atoms with van der Waals surface area (Å²) in [5, 5.41) is 4.24. The third-order valence-electron chi connectivity index (χ3n) is 2.56. The lowest BCUT2D eigenvalue weighted by Crippen LogP contribution is -2.04. The van der Waals surface area contributed by atoms with Gasteiger partial charge in [-0.15, -0.1) is 0 Å². The molecule has 0 bridgehead atoms. The molecule has 2 aromatic rings. The average Bonchev–Trinajstić information content (AvgIpc) is 2.73. The van der Waals surface area contributed by atoms with Crippen LogP contribution in [0.3, 0.4) is 0 Å². The van der Waals surface area contributed by atoms with Crippen LogP contribution < -0.4 is 10.5 Å². The fourth-order valence-electron chi connectivity index (χ4n) is 1.57. The van der Waals surface area contributed by atoms with Crippen LogP contribution in [-0.2, 0) is 13.7 Å². The molecule has 17 heavy (non-hydrogen) atoms. The van der Waals surface area contributed by atoms with E-state index in [1.807, 2.05) is 50.5 Å². The van der Waals surface area contributed by atoms with E-state index >= 15 is 0 Å². The molecule has 0 aliphatic heterocycles. The summed E-state index contributed by atoms with van der Waals surface area (Å²) in [5.41, 5.74) is 7.80. The highest BCUT2D eigenvalue weighted by atomic mass is 16.5. The maximum absolute atomic E-state index is 5.78. The van der Waals surface area contributed by atoms with Gasteiger partial charge in [-0.3, -0.25) is 4.68 Å². The molecule has 2 rings (SSSR count). The molecule has 0 amide bonds. The van der Waals surface area contributed by atoms with Crippen molar-refractivity contribution >= 4 is 0 Å². The monoisotopic (exact) mass is 231 g/mol. The second-order valence-corrected chi connectivity index (χ2v) is 4.13. The summed E-state index contributed by atoms with van der Waals surface area (Å²) in [6.45, 7) is 2.45. The molecule has 90 valence electrons. The number of rotatable bonds is 4. The molecule has 0 aliphatic carbocycles. The van der Waals surface area contributed by atoms with Gasteiger partial charge in [0.2, 0.25) is 0 Å². The quantitative estimate of drug-likeness (QED) is 0.875. The molecular weight excluding hydrogens is 214 g/mol. The van der Waals surface area contributed by atoms with Gasteiger partial charge in [-0.05, 0) is 30.7 Å². The normalized spacial score (nSPS) is 12.4. The van der Waals surface area contributed by atoms with E-state index in [2.05, 4.69) is 5.10 Å². The number of nitrogens with zero attached hydrogens (tertiary/aromatic N) is 2. The molecule has 0 spiro atoms. The van der Waals surface area contributed by atoms with Crippen molar-refractivity contribution in [3.05, 3.63) is 47.8 Å². The lowest BCUT2D eigenvalue weighted by atomic mass is 10.1. The van der Waals surface area contributed by atoms with Crippen LogP contribution in [0, 0.1) is 0 Å². The molecule has 4 nitrogen and oxygen atoms in total. The van der Waals surface area contributed by atoms with Crippen LogP contribution >= 0.6 is 0 Å². The minimum Gasteiger partial charge on any atom is -0.487 e. The number of hydrogen-bond acceptors (Lipinski definition) is 3. The van der Waals surface area contributed by atoms with E-state index in [1.54, 1.807) is 4.68 Å².